The van der Waals surface area contributed by atoms with Gasteiger partial charge < -0.3 is 10.3 Å². The SMILES string of the molecule is CCCCC(=O)Nc1c(C(=O)c2cccc(Cl)c2)[nH]c2cc(Cl)ccc12. The van der Waals surface area contributed by atoms with Crippen molar-refractivity contribution in [2.24, 2.45) is 0 Å². The van der Waals surface area contributed by atoms with Crippen LogP contribution in [0.4, 0.5) is 5.69 Å². The highest BCUT2D eigenvalue weighted by Crippen LogP contribution is 2.32. The third-order valence-electron chi connectivity index (χ3n) is 4.10. The summed E-state index contributed by atoms with van der Waals surface area (Å²) in [5.41, 5.74) is 1.92. The second-order valence-corrected chi connectivity index (χ2v) is 6.93. The van der Waals surface area contributed by atoms with Crippen LogP contribution in [0.3, 0.4) is 0 Å². The fraction of sp³-hybridized carbons (Fsp3) is 0.200. The zero-order valence-corrected chi connectivity index (χ0v) is 15.7. The first-order valence-electron chi connectivity index (χ1n) is 8.41. The predicted octanol–water partition coefficient (Wildman–Crippen LogP) is 5.83. The van der Waals surface area contributed by atoms with Crippen molar-refractivity contribution in [1.82, 2.24) is 4.98 Å². The molecule has 0 aliphatic carbocycles. The quantitative estimate of drug-likeness (QED) is 0.521. The van der Waals surface area contributed by atoms with Gasteiger partial charge in [-0.25, -0.2) is 0 Å². The predicted molar refractivity (Wildman–Crippen MR) is 106 cm³/mol. The average molecular weight is 389 g/mol. The van der Waals surface area contributed by atoms with Crippen LogP contribution in [0.2, 0.25) is 10.0 Å². The molecule has 4 nitrogen and oxygen atoms in total. The Balaban J connectivity index is 2.06. The minimum atomic E-state index is -0.245. The summed E-state index contributed by atoms with van der Waals surface area (Å²) in [7, 11) is 0. The summed E-state index contributed by atoms with van der Waals surface area (Å²) in [6, 6.07) is 12.0. The molecule has 0 spiro atoms. The molecule has 134 valence electrons. The van der Waals surface area contributed by atoms with Gasteiger partial charge in [-0.3, -0.25) is 9.59 Å². The number of hydrogen-bond donors (Lipinski definition) is 2. The van der Waals surface area contributed by atoms with Gasteiger partial charge in [0.1, 0.15) is 5.69 Å². The maximum absolute atomic E-state index is 13.0. The Morgan fingerprint density at radius 3 is 2.58 bits per heavy atom. The van der Waals surface area contributed by atoms with Crippen molar-refractivity contribution in [3.8, 4) is 0 Å². The van der Waals surface area contributed by atoms with Gasteiger partial charge in [0.05, 0.1) is 5.69 Å². The molecule has 26 heavy (non-hydrogen) atoms. The maximum atomic E-state index is 13.0. The first kappa shape index (κ1) is 18.5. The number of hydrogen-bond acceptors (Lipinski definition) is 2. The van der Waals surface area contributed by atoms with Crippen molar-refractivity contribution < 1.29 is 9.59 Å². The second-order valence-electron chi connectivity index (χ2n) is 6.06. The van der Waals surface area contributed by atoms with Crippen molar-refractivity contribution in [1.29, 1.82) is 0 Å². The molecule has 0 unspecified atom stereocenters. The van der Waals surface area contributed by atoms with Crippen LogP contribution in [0.25, 0.3) is 10.9 Å². The summed E-state index contributed by atoms with van der Waals surface area (Å²) in [6.45, 7) is 2.02. The Kier molecular flexibility index (Phi) is 5.64. The Labute approximate surface area is 161 Å². The van der Waals surface area contributed by atoms with Gasteiger partial charge in [-0.05, 0) is 36.8 Å². The third kappa shape index (κ3) is 3.92. The number of rotatable bonds is 6. The number of carbonyl (C=O) groups is 2. The number of carbonyl (C=O) groups excluding carboxylic acids is 2. The van der Waals surface area contributed by atoms with Gasteiger partial charge >= 0.3 is 0 Å². The van der Waals surface area contributed by atoms with Gasteiger partial charge in [-0.2, -0.15) is 0 Å². The molecule has 1 aromatic heterocycles. The molecule has 0 saturated carbocycles. The zero-order valence-electron chi connectivity index (χ0n) is 14.2. The molecular weight excluding hydrogens is 371 g/mol. The number of aromatic nitrogens is 1. The first-order chi connectivity index (χ1) is 12.5. The van der Waals surface area contributed by atoms with Crippen molar-refractivity contribution in [2.45, 2.75) is 26.2 Å². The van der Waals surface area contributed by atoms with Crippen LogP contribution >= 0.6 is 23.2 Å². The zero-order chi connectivity index (χ0) is 18.7. The number of aromatic amines is 1. The smallest absolute Gasteiger partial charge is 0.224 e. The summed E-state index contributed by atoms with van der Waals surface area (Å²) in [5, 5.41) is 4.65. The monoisotopic (exact) mass is 388 g/mol. The maximum Gasteiger partial charge on any atom is 0.224 e. The summed E-state index contributed by atoms with van der Waals surface area (Å²) in [4.78, 5) is 28.3. The van der Waals surface area contributed by atoms with E-state index in [1.807, 2.05) is 6.92 Å². The number of anilines is 1. The molecule has 1 heterocycles. The molecule has 3 aromatic rings. The summed E-state index contributed by atoms with van der Waals surface area (Å²) in [6.07, 6.45) is 2.12. The minimum absolute atomic E-state index is 0.122. The van der Waals surface area contributed by atoms with Crippen molar-refractivity contribution in [3.63, 3.8) is 0 Å². The molecule has 0 radical (unpaired) electrons. The number of unbranched alkanes of at least 4 members (excludes halogenated alkanes) is 1. The van der Waals surface area contributed by atoms with Gasteiger partial charge in [0.25, 0.3) is 0 Å². The largest absolute Gasteiger partial charge is 0.350 e. The number of halogens is 2. The van der Waals surface area contributed by atoms with Gasteiger partial charge in [0.15, 0.2) is 0 Å². The highest BCUT2D eigenvalue weighted by atomic mass is 35.5. The summed E-state index contributed by atoms with van der Waals surface area (Å²) in [5.74, 6) is -0.367. The number of ketones is 1. The number of amides is 1. The standard InChI is InChI=1S/C20H18Cl2N2O2/c1-2-3-7-17(25)24-18-15-9-8-14(22)11-16(15)23-19(18)20(26)12-5-4-6-13(21)10-12/h4-6,8-11,23H,2-3,7H2,1H3,(H,24,25). The molecule has 2 N–H and O–H groups in total. The molecule has 0 atom stereocenters. The van der Waals surface area contributed by atoms with Crippen molar-refractivity contribution >= 4 is 51.5 Å². The van der Waals surface area contributed by atoms with Crippen LogP contribution < -0.4 is 5.32 Å². The van der Waals surface area contributed by atoms with E-state index < -0.39 is 0 Å². The molecule has 0 aliphatic heterocycles. The van der Waals surface area contributed by atoms with Gasteiger partial charge in [-0.1, -0.05) is 48.7 Å². The molecule has 0 aliphatic rings. The van der Waals surface area contributed by atoms with Crippen LogP contribution in [-0.4, -0.2) is 16.7 Å². The van der Waals surface area contributed by atoms with E-state index in [4.69, 9.17) is 23.2 Å². The minimum Gasteiger partial charge on any atom is -0.350 e. The number of nitrogens with one attached hydrogen (secondary N) is 2. The fourth-order valence-electron chi connectivity index (χ4n) is 2.78. The molecule has 6 heteroatoms. The van der Waals surface area contributed by atoms with E-state index in [1.165, 1.54) is 0 Å². The average Bonchev–Trinajstić information content (AvgIpc) is 2.96. The molecule has 0 saturated heterocycles. The van der Waals surface area contributed by atoms with Crippen LogP contribution in [-0.2, 0) is 4.79 Å². The highest BCUT2D eigenvalue weighted by Gasteiger charge is 2.21. The normalized spacial score (nSPS) is 10.9. The molecule has 0 fully saturated rings. The fourth-order valence-corrected chi connectivity index (χ4v) is 3.15. The lowest BCUT2D eigenvalue weighted by molar-refractivity contribution is -0.116. The van der Waals surface area contributed by atoms with Crippen LogP contribution in [0.1, 0.15) is 42.2 Å². The summed E-state index contributed by atoms with van der Waals surface area (Å²) < 4.78 is 0. The molecule has 1 amide bonds. The third-order valence-corrected chi connectivity index (χ3v) is 4.57. The number of fused-ring (bicyclic) bond motifs is 1. The van der Waals surface area contributed by atoms with E-state index >= 15 is 0 Å². The van der Waals surface area contributed by atoms with Crippen LogP contribution in [0.5, 0.6) is 0 Å². The van der Waals surface area contributed by atoms with Gasteiger partial charge in [-0.15, -0.1) is 0 Å². The van der Waals surface area contributed by atoms with E-state index in [1.54, 1.807) is 42.5 Å². The lowest BCUT2D eigenvalue weighted by Gasteiger charge is -2.07. The molecule has 2 aromatic carbocycles. The van der Waals surface area contributed by atoms with E-state index in [9.17, 15) is 9.59 Å². The van der Waals surface area contributed by atoms with E-state index in [2.05, 4.69) is 10.3 Å². The topological polar surface area (TPSA) is 62.0 Å². The van der Waals surface area contributed by atoms with Crippen molar-refractivity contribution in [2.75, 3.05) is 5.32 Å². The molecular formula is C20H18Cl2N2O2. The lowest BCUT2D eigenvalue weighted by atomic mass is 10.1. The van der Waals surface area contributed by atoms with E-state index in [0.717, 1.165) is 18.2 Å². The molecule has 0 bridgehead atoms. The lowest BCUT2D eigenvalue weighted by Crippen LogP contribution is -2.14. The van der Waals surface area contributed by atoms with Crippen molar-refractivity contribution in [3.05, 3.63) is 63.8 Å². The Hall–Kier alpha value is -2.30. The van der Waals surface area contributed by atoms with Crippen LogP contribution in [0, 0.1) is 0 Å². The summed E-state index contributed by atoms with van der Waals surface area (Å²) >= 11 is 12.1. The highest BCUT2D eigenvalue weighted by molar-refractivity contribution is 6.32. The molecule has 3 rings (SSSR count). The first-order valence-corrected chi connectivity index (χ1v) is 9.16. The number of benzene rings is 2. The van der Waals surface area contributed by atoms with E-state index in [0.29, 0.717) is 38.9 Å². The van der Waals surface area contributed by atoms with E-state index in [-0.39, 0.29) is 11.7 Å². The number of H-pyrrole nitrogens is 1. The second kappa shape index (κ2) is 7.94. The Morgan fingerprint density at radius 2 is 1.85 bits per heavy atom. The Bertz CT molecular complexity index is 979. The Morgan fingerprint density at radius 1 is 1.08 bits per heavy atom. The van der Waals surface area contributed by atoms with Crippen LogP contribution in [0.15, 0.2) is 42.5 Å². The van der Waals surface area contributed by atoms with Gasteiger partial charge in [0.2, 0.25) is 11.7 Å². The van der Waals surface area contributed by atoms with Gasteiger partial charge in [0, 0.05) is 32.9 Å².